The van der Waals surface area contributed by atoms with Gasteiger partial charge in [-0.3, -0.25) is 9.69 Å². The Labute approximate surface area is 140 Å². The van der Waals surface area contributed by atoms with Gasteiger partial charge in [-0.05, 0) is 62.9 Å². The average molecular weight is 340 g/mol. The topological polar surface area (TPSA) is 32.3 Å². The van der Waals surface area contributed by atoms with E-state index in [9.17, 15) is 18.0 Å². The fourth-order valence-electron chi connectivity index (χ4n) is 3.59. The van der Waals surface area contributed by atoms with Gasteiger partial charge in [-0.2, -0.15) is 13.2 Å². The van der Waals surface area contributed by atoms with E-state index >= 15 is 0 Å². The predicted octanol–water partition coefficient (Wildman–Crippen LogP) is 3.61. The molecule has 1 aromatic carbocycles. The van der Waals surface area contributed by atoms with E-state index < -0.39 is 11.7 Å². The molecular formula is C18H23F3N2O. The Kier molecular flexibility index (Phi) is 4.85. The molecule has 2 atom stereocenters. The summed E-state index contributed by atoms with van der Waals surface area (Å²) in [4.78, 5) is 14.1. The average Bonchev–Trinajstić information content (AvgIpc) is 3.37. The summed E-state index contributed by atoms with van der Waals surface area (Å²) in [5, 5.41) is 3.02. The maximum absolute atomic E-state index is 12.7. The van der Waals surface area contributed by atoms with Crippen molar-refractivity contribution in [1.29, 1.82) is 0 Å². The van der Waals surface area contributed by atoms with Crippen LogP contribution in [-0.2, 0) is 11.0 Å². The maximum Gasteiger partial charge on any atom is 0.416 e. The third-order valence-electron chi connectivity index (χ3n) is 5.07. The van der Waals surface area contributed by atoms with Crippen LogP contribution in [0.4, 0.5) is 13.2 Å². The highest BCUT2D eigenvalue weighted by Crippen LogP contribution is 2.37. The van der Waals surface area contributed by atoms with Crippen molar-refractivity contribution >= 4 is 5.91 Å². The Morgan fingerprint density at radius 1 is 1.21 bits per heavy atom. The summed E-state index contributed by atoms with van der Waals surface area (Å²) in [6, 6.07) is 5.49. The van der Waals surface area contributed by atoms with Gasteiger partial charge in [0, 0.05) is 18.5 Å². The largest absolute Gasteiger partial charge is 0.416 e. The predicted molar refractivity (Wildman–Crippen MR) is 85.3 cm³/mol. The minimum Gasteiger partial charge on any atom is -0.356 e. The molecule has 3 nitrogen and oxygen atoms in total. The second-order valence-corrected chi connectivity index (χ2v) is 6.97. The highest BCUT2D eigenvalue weighted by Gasteiger charge is 2.35. The van der Waals surface area contributed by atoms with Crippen molar-refractivity contribution in [3.05, 3.63) is 35.4 Å². The molecule has 2 fully saturated rings. The lowest BCUT2D eigenvalue weighted by molar-refractivity contribution is -0.137. The molecule has 3 rings (SSSR count). The van der Waals surface area contributed by atoms with Crippen molar-refractivity contribution in [2.45, 2.75) is 37.9 Å². The molecule has 24 heavy (non-hydrogen) atoms. The normalized spacial score (nSPS) is 25.5. The molecule has 6 heteroatoms. The van der Waals surface area contributed by atoms with Gasteiger partial charge in [0.05, 0.1) is 5.56 Å². The van der Waals surface area contributed by atoms with Crippen molar-refractivity contribution in [3.8, 4) is 0 Å². The van der Waals surface area contributed by atoms with Crippen molar-refractivity contribution in [2.75, 3.05) is 20.1 Å². The summed E-state index contributed by atoms with van der Waals surface area (Å²) in [6.45, 7) is 1.50. The Bertz CT molecular complexity index is 581. The van der Waals surface area contributed by atoms with Gasteiger partial charge in [-0.25, -0.2) is 0 Å². The van der Waals surface area contributed by atoms with Gasteiger partial charge in [0.2, 0.25) is 5.91 Å². The van der Waals surface area contributed by atoms with Crippen molar-refractivity contribution in [3.63, 3.8) is 0 Å². The molecule has 1 aliphatic carbocycles. The lowest BCUT2D eigenvalue weighted by Crippen LogP contribution is -2.42. The number of nitrogens with zero attached hydrogens (tertiary/aromatic N) is 1. The van der Waals surface area contributed by atoms with Crippen molar-refractivity contribution in [2.24, 2.45) is 11.8 Å². The van der Waals surface area contributed by atoms with E-state index in [-0.39, 0.29) is 23.8 Å². The molecule has 1 heterocycles. The number of halogens is 3. The first kappa shape index (κ1) is 17.3. The summed E-state index contributed by atoms with van der Waals surface area (Å²) in [5.74, 6) is 0.522. The smallest absolute Gasteiger partial charge is 0.356 e. The third-order valence-corrected chi connectivity index (χ3v) is 5.07. The monoisotopic (exact) mass is 340 g/mol. The number of hydrogen-bond donors (Lipinski definition) is 1. The molecule has 0 radical (unpaired) electrons. The molecule has 1 aromatic rings. The number of rotatable bonds is 4. The summed E-state index contributed by atoms with van der Waals surface area (Å²) >= 11 is 0. The first-order chi connectivity index (χ1) is 11.4. The lowest BCUT2D eigenvalue weighted by Gasteiger charge is -2.39. The summed E-state index contributed by atoms with van der Waals surface area (Å²) in [6.07, 6.45) is -0.356. The lowest BCUT2D eigenvalue weighted by atomic mass is 9.84. The molecule has 0 aromatic heterocycles. The van der Waals surface area contributed by atoms with E-state index in [0.717, 1.165) is 49.9 Å². The van der Waals surface area contributed by atoms with Crippen LogP contribution in [0.25, 0.3) is 0 Å². The second kappa shape index (κ2) is 6.75. The summed E-state index contributed by atoms with van der Waals surface area (Å²) < 4.78 is 38.2. The zero-order chi connectivity index (χ0) is 17.3. The van der Waals surface area contributed by atoms with Crippen LogP contribution >= 0.6 is 0 Å². The minimum absolute atomic E-state index is 0.0422. The Morgan fingerprint density at radius 2 is 1.88 bits per heavy atom. The van der Waals surface area contributed by atoms with E-state index in [0.29, 0.717) is 6.54 Å². The van der Waals surface area contributed by atoms with E-state index in [1.54, 1.807) is 12.1 Å². The number of hydrogen-bond acceptors (Lipinski definition) is 2. The second-order valence-electron chi connectivity index (χ2n) is 6.97. The number of amides is 1. The molecule has 2 aliphatic rings. The number of benzene rings is 1. The fraction of sp³-hybridized carbons (Fsp3) is 0.611. The highest BCUT2D eigenvalue weighted by molar-refractivity contribution is 5.80. The van der Waals surface area contributed by atoms with E-state index in [4.69, 9.17) is 0 Å². The van der Waals surface area contributed by atoms with Gasteiger partial charge in [0.15, 0.2) is 0 Å². The van der Waals surface area contributed by atoms with Crippen LogP contribution in [0.1, 0.15) is 42.9 Å². The van der Waals surface area contributed by atoms with Crippen LogP contribution in [0.3, 0.4) is 0 Å². The van der Waals surface area contributed by atoms with Crippen LogP contribution < -0.4 is 5.32 Å². The number of alkyl halides is 3. The third kappa shape index (κ3) is 3.91. The zero-order valence-corrected chi connectivity index (χ0v) is 13.8. The maximum atomic E-state index is 12.7. The molecule has 2 unspecified atom stereocenters. The standard InChI is InChI=1S/C18H23F3N2O/c1-23-10-2-3-14(11-22-17(24)13-4-5-13)16(23)12-6-8-15(9-7-12)18(19,20)21/h6-9,13-14,16H,2-5,10-11H2,1H3,(H,22,24). The van der Waals surface area contributed by atoms with Gasteiger partial charge in [0.25, 0.3) is 0 Å². The summed E-state index contributed by atoms with van der Waals surface area (Å²) in [7, 11) is 2.00. The van der Waals surface area contributed by atoms with E-state index in [1.807, 2.05) is 7.05 Å². The Balaban J connectivity index is 1.72. The molecule has 132 valence electrons. The number of nitrogens with one attached hydrogen (secondary N) is 1. The minimum atomic E-state index is -4.31. The van der Waals surface area contributed by atoms with Gasteiger partial charge in [-0.1, -0.05) is 12.1 Å². The van der Waals surface area contributed by atoms with Crippen LogP contribution in [0.5, 0.6) is 0 Å². The molecular weight excluding hydrogens is 317 g/mol. The Morgan fingerprint density at radius 3 is 2.46 bits per heavy atom. The quantitative estimate of drug-likeness (QED) is 0.908. The summed E-state index contributed by atoms with van der Waals surface area (Å²) in [5.41, 5.74) is 0.263. The molecule has 1 N–H and O–H groups in total. The molecule has 1 saturated carbocycles. The van der Waals surface area contributed by atoms with Crippen LogP contribution in [0.15, 0.2) is 24.3 Å². The van der Waals surface area contributed by atoms with E-state index in [1.165, 1.54) is 0 Å². The van der Waals surface area contributed by atoms with Crippen molar-refractivity contribution in [1.82, 2.24) is 10.2 Å². The number of likely N-dealkylation sites (tertiary alicyclic amines) is 1. The molecule has 0 bridgehead atoms. The highest BCUT2D eigenvalue weighted by atomic mass is 19.4. The van der Waals surface area contributed by atoms with Crippen LogP contribution in [0.2, 0.25) is 0 Å². The number of carbonyl (C=O) groups is 1. The van der Waals surface area contributed by atoms with Crippen LogP contribution in [-0.4, -0.2) is 30.9 Å². The SMILES string of the molecule is CN1CCCC(CNC(=O)C2CC2)C1c1ccc(C(F)(F)F)cc1. The van der Waals surface area contributed by atoms with Gasteiger partial charge in [-0.15, -0.1) is 0 Å². The van der Waals surface area contributed by atoms with Crippen LogP contribution in [0, 0.1) is 11.8 Å². The first-order valence-corrected chi connectivity index (χ1v) is 8.51. The van der Waals surface area contributed by atoms with Crippen molar-refractivity contribution < 1.29 is 18.0 Å². The van der Waals surface area contributed by atoms with Gasteiger partial charge in [0.1, 0.15) is 0 Å². The first-order valence-electron chi connectivity index (χ1n) is 8.51. The zero-order valence-electron chi connectivity index (χ0n) is 13.8. The van der Waals surface area contributed by atoms with Gasteiger partial charge < -0.3 is 5.32 Å². The number of carbonyl (C=O) groups excluding carboxylic acids is 1. The van der Waals surface area contributed by atoms with E-state index in [2.05, 4.69) is 10.2 Å². The number of piperidine rings is 1. The molecule has 1 saturated heterocycles. The van der Waals surface area contributed by atoms with Gasteiger partial charge >= 0.3 is 6.18 Å². The fourth-order valence-corrected chi connectivity index (χ4v) is 3.59. The molecule has 1 amide bonds. The molecule has 0 spiro atoms. The molecule has 1 aliphatic heterocycles. The Hall–Kier alpha value is -1.56.